The zero-order valence-electron chi connectivity index (χ0n) is 19.5. The quantitative estimate of drug-likeness (QED) is 0.534. The fourth-order valence-electron chi connectivity index (χ4n) is 4.04. The molecule has 0 bridgehead atoms. The summed E-state index contributed by atoms with van der Waals surface area (Å²) in [5.41, 5.74) is 0.364. The molecule has 0 spiro atoms. The van der Waals surface area contributed by atoms with Crippen molar-refractivity contribution in [1.29, 1.82) is 0 Å². The predicted molar refractivity (Wildman–Crippen MR) is 122 cm³/mol. The maximum absolute atomic E-state index is 12.9. The van der Waals surface area contributed by atoms with E-state index in [4.69, 9.17) is 9.47 Å². The lowest BCUT2D eigenvalue weighted by Gasteiger charge is -2.34. The summed E-state index contributed by atoms with van der Waals surface area (Å²) >= 11 is 0. The van der Waals surface area contributed by atoms with Gasteiger partial charge in [0.1, 0.15) is 5.60 Å². The molecular formula is C25H41NO5. The van der Waals surface area contributed by atoms with E-state index in [1.165, 1.54) is 37.0 Å². The summed E-state index contributed by atoms with van der Waals surface area (Å²) in [6.07, 6.45) is 6.75. The predicted octanol–water partition coefficient (Wildman–Crippen LogP) is 4.52. The molecule has 6 nitrogen and oxygen atoms in total. The topological polar surface area (TPSA) is 79.2 Å². The Hall–Kier alpha value is -1.63. The van der Waals surface area contributed by atoms with Crippen LogP contribution in [-0.2, 0) is 16.1 Å². The van der Waals surface area contributed by atoms with E-state index < -0.39 is 23.8 Å². The first-order chi connectivity index (χ1) is 14.8. The van der Waals surface area contributed by atoms with Crippen molar-refractivity contribution in [2.45, 2.75) is 90.1 Å². The van der Waals surface area contributed by atoms with Gasteiger partial charge in [-0.2, -0.15) is 0 Å². The van der Waals surface area contributed by atoms with Crippen LogP contribution in [0.15, 0.2) is 30.3 Å². The van der Waals surface area contributed by atoms with Gasteiger partial charge in [-0.1, -0.05) is 62.4 Å². The Kier molecular flexibility index (Phi) is 10.8. The molecule has 0 unspecified atom stereocenters. The van der Waals surface area contributed by atoms with Crippen LogP contribution in [0, 0.1) is 5.92 Å². The van der Waals surface area contributed by atoms with Crippen molar-refractivity contribution >= 4 is 6.09 Å². The molecule has 176 valence electrons. The van der Waals surface area contributed by atoms with Gasteiger partial charge < -0.3 is 19.7 Å². The minimum absolute atomic E-state index is 0.127. The van der Waals surface area contributed by atoms with Crippen LogP contribution in [-0.4, -0.2) is 58.7 Å². The van der Waals surface area contributed by atoms with Gasteiger partial charge in [0.25, 0.3) is 0 Å². The van der Waals surface area contributed by atoms with Crippen LogP contribution < -0.4 is 0 Å². The average Bonchev–Trinajstić information content (AvgIpc) is 2.74. The summed E-state index contributed by atoms with van der Waals surface area (Å²) in [7, 11) is 0. The second-order valence-corrected chi connectivity index (χ2v) is 9.71. The molecule has 1 aliphatic carbocycles. The van der Waals surface area contributed by atoms with Gasteiger partial charge in [0.2, 0.25) is 0 Å². The highest BCUT2D eigenvalue weighted by atomic mass is 16.6. The Morgan fingerprint density at radius 1 is 1.16 bits per heavy atom. The molecule has 0 aromatic heterocycles. The fraction of sp³-hybridized carbons (Fsp3) is 0.720. The third-order valence-corrected chi connectivity index (χ3v) is 5.74. The molecular weight excluding hydrogens is 394 g/mol. The molecule has 1 fully saturated rings. The number of carbonyl (C=O) groups is 1. The van der Waals surface area contributed by atoms with Crippen molar-refractivity contribution in [3.63, 3.8) is 0 Å². The number of nitrogens with zero attached hydrogens (tertiary/aromatic N) is 1. The first-order valence-corrected chi connectivity index (χ1v) is 11.7. The molecule has 1 aromatic rings. The number of amides is 1. The zero-order valence-corrected chi connectivity index (χ0v) is 19.5. The molecule has 31 heavy (non-hydrogen) atoms. The van der Waals surface area contributed by atoms with Crippen LogP contribution >= 0.6 is 0 Å². The molecule has 1 amide bonds. The third kappa shape index (κ3) is 10.0. The molecule has 1 aromatic carbocycles. The van der Waals surface area contributed by atoms with Crippen LogP contribution in [0.5, 0.6) is 0 Å². The molecule has 1 saturated carbocycles. The second kappa shape index (κ2) is 13.0. The van der Waals surface area contributed by atoms with Gasteiger partial charge in [-0.3, -0.25) is 4.90 Å². The fourth-order valence-corrected chi connectivity index (χ4v) is 4.04. The maximum Gasteiger partial charge on any atom is 0.410 e. The lowest BCUT2D eigenvalue weighted by Crippen LogP contribution is -2.50. The number of hydrogen-bond acceptors (Lipinski definition) is 5. The summed E-state index contributed by atoms with van der Waals surface area (Å²) in [5.74, 6) is 0.668. The first kappa shape index (κ1) is 25.6. The molecule has 1 aliphatic rings. The van der Waals surface area contributed by atoms with Crippen molar-refractivity contribution in [2.75, 3.05) is 19.8 Å². The standard InChI is InChI=1S/C25H41NO5/c1-25(2,3)31-24(29)26(16-23(28)15-14-20-10-6-4-7-11-20)22(17-27)19-30-18-21-12-8-5-9-13-21/h5,8-9,12-13,20,22-23,27-28H,4,6-7,10-11,14-19H2,1-3H3/t22-,23-/m1/s1. The van der Waals surface area contributed by atoms with E-state index in [0.29, 0.717) is 18.9 Å². The monoisotopic (exact) mass is 435 g/mol. The Morgan fingerprint density at radius 3 is 2.45 bits per heavy atom. The maximum atomic E-state index is 12.9. The Labute approximate surface area is 187 Å². The summed E-state index contributed by atoms with van der Waals surface area (Å²) in [6, 6.07) is 9.18. The number of rotatable bonds is 11. The molecule has 2 rings (SSSR count). The lowest BCUT2D eigenvalue weighted by molar-refractivity contribution is -0.0258. The normalized spacial score (nSPS) is 17.2. The zero-order chi connectivity index (χ0) is 22.7. The molecule has 2 N–H and O–H groups in total. The van der Waals surface area contributed by atoms with Crippen LogP contribution in [0.1, 0.15) is 71.3 Å². The largest absolute Gasteiger partial charge is 0.444 e. The summed E-state index contributed by atoms with van der Waals surface area (Å²) < 4.78 is 11.3. The Morgan fingerprint density at radius 2 is 1.84 bits per heavy atom. The smallest absolute Gasteiger partial charge is 0.410 e. The van der Waals surface area contributed by atoms with Crippen molar-refractivity contribution < 1.29 is 24.5 Å². The van der Waals surface area contributed by atoms with Crippen molar-refractivity contribution in [3.05, 3.63) is 35.9 Å². The van der Waals surface area contributed by atoms with Crippen molar-refractivity contribution in [1.82, 2.24) is 4.90 Å². The van der Waals surface area contributed by atoms with Crippen LogP contribution in [0.3, 0.4) is 0 Å². The number of benzene rings is 1. The SMILES string of the molecule is CC(C)(C)OC(=O)N(C[C@H](O)CCC1CCCCC1)[C@H](CO)COCc1ccccc1. The minimum Gasteiger partial charge on any atom is -0.444 e. The Bertz CT molecular complexity index is 625. The summed E-state index contributed by atoms with van der Waals surface area (Å²) in [5, 5.41) is 20.6. The first-order valence-electron chi connectivity index (χ1n) is 11.7. The van der Waals surface area contributed by atoms with E-state index in [9.17, 15) is 15.0 Å². The van der Waals surface area contributed by atoms with Gasteiger partial charge in [-0.25, -0.2) is 4.79 Å². The highest BCUT2D eigenvalue weighted by Gasteiger charge is 2.30. The van der Waals surface area contributed by atoms with Crippen molar-refractivity contribution in [3.8, 4) is 0 Å². The van der Waals surface area contributed by atoms with E-state index in [-0.39, 0.29) is 19.8 Å². The lowest BCUT2D eigenvalue weighted by atomic mass is 9.85. The summed E-state index contributed by atoms with van der Waals surface area (Å²) in [6.45, 7) is 5.85. The van der Waals surface area contributed by atoms with E-state index in [1.807, 2.05) is 51.1 Å². The number of aliphatic hydroxyl groups is 2. The molecule has 0 heterocycles. The second-order valence-electron chi connectivity index (χ2n) is 9.71. The van der Waals surface area contributed by atoms with Gasteiger partial charge in [-0.15, -0.1) is 0 Å². The minimum atomic E-state index is -0.659. The Balaban J connectivity index is 1.94. The average molecular weight is 436 g/mol. The molecule has 0 saturated heterocycles. The van der Waals surface area contributed by atoms with E-state index in [0.717, 1.165) is 12.0 Å². The van der Waals surface area contributed by atoms with Gasteiger partial charge in [0.15, 0.2) is 0 Å². The van der Waals surface area contributed by atoms with E-state index >= 15 is 0 Å². The van der Waals surface area contributed by atoms with Gasteiger partial charge in [0.05, 0.1) is 38.5 Å². The van der Waals surface area contributed by atoms with Crippen molar-refractivity contribution in [2.24, 2.45) is 5.92 Å². The van der Waals surface area contributed by atoms with Crippen LogP contribution in [0.25, 0.3) is 0 Å². The number of hydrogen-bond donors (Lipinski definition) is 2. The molecule has 6 heteroatoms. The van der Waals surface area contributed by atoms with Gasteiger partial charge in [-0.05, 0) is 45.1 Å². The van der Waals surface area contributed by atoms with Crippen LogP contribution in [0.2, 0.25) is 0 Å². The number of aliphatic hydroxyl groups excluding tert-OH is 2. The summed E-state index contributed by atoms with van der Waals surface area (Å²) in [4.78, 5) is 14.3. The third-order valence-electron chi connectivity index (χ3n) is 5.74. The van der Waals surface area contributed by atoms with E-state index in [1.54, 1.807) is 0 Å². The highest BCUT2D eigenvalue weighted by molar-refractivity contribution is 5.68. The number of ether oxygens (including phenoxy) is 2. The van der Waals surface area contributed by atoms with E-state index in [2.05, 4.69) is 0 Å². The van der Waals surface area contributed by atoms with Crippen LogP contribution in [0.4, 0.5) is 4.79 Å². The molecule has 2 atom stereocenters. The van der Waals surface area contributed by atoms with Gasteiger partial charge in [0, 0.05) is 0 Å². The molecule has 0 aliphatic heterocycles. The molecule has 0 radical (unpaired) electrons. The number of carbonyl (C=O) groups excluding carboxylic acids is 1. The van der Waals surface area contributed by atoms with Gasteiger partial charge >= 0.3 is 6.09 Å². The highest BCUT2D eigenvalue weighted by Crippen LogP contribution is 2.28.